The Morgan fingerprint density at radius 2 is 1.69 bits per heavy atom. The molecule has 0 saturated heterocycles. The molecule has 3 rings (SSSR count). The van der Waals surface area contributed by atoms with Crippen LogP contribution >= 0.6 is 0 Å². The van der Waals surface area contributed by atoms with Crippen LogP contribution in [0.25, 0.3) is 0 Å². The molecule has 0 saturated carbocycles. The summed E-state index contributed by atoms with van der Waals surface area (Å²) in [6.07, 6.45) is 0. The number of halogens is 1. The number of para-hydroxylation sites is 1. The lowest BCUT2D eigenvalue weighted by Gasteiger charge is -2.18. The van der Waals surface area contributed by atoms with Gasteiger partial charge in [0.15, 0.2) is 0 Å². The van der Waals surface area contributed by atoms with Crippen LogP contribution in [-0.2, 0) is 10.0 Å². The van der Waals surface area contributed by atoms with Gasteiger partial charge in [0.2, 0.25) is 0 Å². The van der Waals surface area contributed by atoms with Gasteiger partial charge in [0.05, 0.1) is 17.1 Å². The number of likely N-dealkylation sites (N-methyl/N-ethyl adjacent to an activating group) is 1. The number of hydrogen-bond donors (Lipinski definition) is 1. The molecule has 0 aliphatic carbocycles. The minimum atomic E-state index is -4.06. The summed E-state index contributed by atoms with van der Waals surface area (Å²) in [7, 11) is -2.45. The van der Waals surface area contributed by atoms with E-state index >= 15 is 0 Å². The van der Waals surface area contributed by atoms with Crippen LogP contribution in [-0.4, -0.2) is 39.4 Å². The summed E-state index contributed by atoms with van der Waals surface area (Å²) in [6, 6.07) is 17.0. The molecule has 0 aromatic heterocycles. The van der Waals surface area contributed by atoms with E-state index in [0.29, 0.717) is 6.54 Å². The van der Waals surface area contributed by atoms with Crippen molar-refractivity contribution >= 4 is 21.6 Å². The second-order valence-corrected chi connectivity index (χ2v) is 9.19. The number of hydrogen-bond acceptors (Lipinski definition) is 4. The number of aryl methyl sites for hydroxylation is 2. The number of amides is 1. The van der Waals surface area contributed by atoms with Crippen molar-refractivity contribution in [3.05, 3.63) is 89.2 Å². The minimum Gasteiger partial charge on any atom is -0.492 e. The monoisotopic (exact) mass is 456 g/mol. The smallest absolute Gasteiger partial charge is 0.262 e. The molecule has 1 amide bonds. The second-order valence-electron chi connectivity index (χ2n) is 7.51. The highest BCUT2D eigenvalue weighted by Crippen LogP contribution is 2.20. The maximum absolute atomic E-state index is 13.8. The summed E-state index contributed by atoms with van der Waals surface area (Å²) in [5.41, 5.74) is 2.22. The molecule has 0 bridgehead atoms. The summed E-state index contributed by atoms with van der Waals surface area (Å²) in [4.78, 5) is 14.1. The second kappa shape index (κ2) is 9.82. The van der Waals surface area contributed by atoms with Crippen molar-refractivity contribution in [2.45, 2.75) is 18.7 Å². The molecule has 0 spiro atoms. The topological polar surface area (TPSA) is 75.7 Å². The molecule has 168 valence electrons. The average molecular weight is 457 g/mol. The van der Waals surface area contributed by atoms with Crippen molar-refractivity contribution in [1.29, 1.82) is 0 Å². The third kappa shape index (κ3) is 5.85. The third-order valence-electron chi connectivity index (χ3n) is 4.75. The highest BCUT2D eigenvalue weighted by Gasteiger charge is 2.19. The van der Waals surface area contributed by atoms with E-state index < -0.39 is 15.8 Å². The number of carbonyl (C=O) groups is 1. The van der Waals surface area contributed by atoms with Crippen LogP contribution in [0.3, 0.4) is 0 Å². The number of nitrogens with zero attached hydrogens (tertiary/aromatic N) is 1. The van der Waals surface area contributed by atoms with Gasteiger partial charge in [0.1, 0.15) is 18.2 Å². The summed E-state index contributed by atoms with van der Waals surface area (Å²) in [5, 5.41) is 0. The third-order valence-corrected chi connectivity index (χ3v) is 6.11. The van der Waals surface area contributed by atoms with Gasteiger partial charge in [0.25, 0.3) is 15.9 Å². The average Bonchev–Trinajstić information content (AvgIpc) is 2.74. The number of anilines is 1. The molecule has 0 heterocycles. The lowest BCUT2D eigenvalue weighted by atomic mass is 10.1. The zero-order valence-electron chi connectivity index (χ0n) is 18.1. The SMILES string of the molecule is Cc1cc(C)cc(OCCN(C)C(=O)c2cccc(S(=O)(=O)Nc3ccccc3F)c2)c1. The predicted octanol–water partition coefficient (Wildman–Crippen LogP) is 4.39. The van der Waals surface area contributed by atoms with Gasteiger partial charge in [-0.3, -0.25) is 9.52 Å². The van der Waals surface area contributed by atoms with Crippen LogP contribution in [0.1, 0.15) is 21.5 Å². The quantitative estimate of drug-likeness (QED) is 0.545. The first-order chi connectivity index (χ1) is 15.2. The molecule has 3 aromatic carbocycles. The van der Waals surface area contributed by atoms with E-state index in [9.17, 15) is 17.6 Å². The van der Waals surface area contributed by atoms with Crippen molar-refractivity contribution in [1.82, 2.24) is 4.90 Å². The summed E-state index contributed by atoms with van der Waals surface area (Å²) in [5.74, 6) is -0.306. The molecule has 0 aliphatic heterocycles. The van der Waals surface area contributed by atoms with Crippen LogP contribution < -0.4 is 9.46 Å². The highest BCUT2D eigenvalue weighted by atomic mass is 32.2. The molecule has 0 radical (unpaired) electrons. The standard InChI is InChI=1S/C24H25FN2O4S/c1-17-13-18(2)15-20(14-17)31-12-11-27(3)24(28)19-7-6-8-21(16-19)32(29,30)26-23-10-5-4-9-22(23)25/h4-10,13-16,26H,11-12H2,1-3H3. The van der Waals surface area contributed by atoms with Crippen LogP contribution in [0.4, 0.5) is 10.1 Å². The Morgan fingerprint density at radius 3 is 2.38 bits per heavy atom. The van der Waals surface area contributed by atoms with E-state index in [1.807, 2.05) is 32.0 Å². The molecule has 0 aliphatic rings. The first kappa shape index (κ1) is 23.3. The van der Waals surface area contributed by atoms with Gasteiger partial charge in [-0.05, 0) is 67.4 Å². The summed E-state index contributed by atoms with van der Waals surface area (Å²) >= 11 is 0. The first-order valence-corrected chi connectivity index (χ1v) is 11.5. The Balaban J connectivity index is 1.66. The molecule has 0 atom stereocenters. The van der Waals surface area contributed by atoms with Crippen molar-refractivity contribution in [2.24, 2.45) is 0 Å². The van der Waals surface area contributed by atoms with Gasteiger partial charge in [-0.25, -0.2) is 12.8 Å². The van der Waals surface area contributed by atoms with Crippen LogP contribution in [0.15, 0.2) is 71.6 Å². The van der Waals surface area contributed by atoms with Crippen LogP contribution in [0.5, 0.6) is 5.75 Å². The fourth-order valence-electron chi connectivity index (χ4n) is 3.18. The molecule has 8 heteroatoms. The normalized spacial score (nSPS) is 11.1. The van der Waals surface area contributed by atoms with E-state index in [4.69, 9.17) is 4.74 Å². The number of benzene rings is 3. The van der Waals surface area contributed by atoms with Crippen molar-refractivity contribution in [2.75, 3.05) is 24.9 Å². The minimum absolute atomic E-state index is 0.133. The zero-order valence-corrected chi connectivity index (χ0v) is 18.9. The van der Waals surface area contributed by atoms with Crippen molar-refractivity contribution in [3.8, 4) is 5.75 Å². The molecule has 0 unspecified atom stereocenters. The van der Waals surface area contributed by atoms with E-state index in [1.165, 1.54) is 47.4 Å². The van der Waals surface area contributed by atoms with Gasteiger partial charge in [-0.1, -0.05) is 24.3 Å². The summed E-state index contributed by atoms with van der Waals surface area (Å²) in [6.45, 7) is 4.57. The number of sulfonamides is 1. The van der Waals surface area contributed by atoms with E-state index in [0.717, 1.165) is 22.9 Å². The highest BCUT2D eigenvalue weighted by molar-refractivity contribution is 7.92. The molecular weight excluding hydrogens is 431 g/mol. The van der Waals surface area contributed by atoms with E-state index in [1.54, 1.807) is 7.05 Å². The van der Waals surface area contributed by atoms with Gasteiger partial charge < -0.3 is 9.64 Å². The largest absolute Gasteiger partial charge is 0.492 e. The van der Waals surface area contributed by atoms with E-state index in [2.05, 4.69) is 4.72 Å². The zero-order chi connectivity index (χ0) is 23.3. The van der Waals surface area contributed by atoms with Gasteiger partial charge in [0, 0.05) is 12.6 Å². The van der Waals surface area contributed by atoms with Gasteiger partial charge in [-0.15, -0.1) is 0 Å². The Kier molecular flexibility index (Phi) is 7.15. The molecule has 3 aromatic rings. The fraction of sp³-hybridized carbons (Fsp3) is 0.208. The lowest BCUT2D eigenvalue weighted by Crippen LogP contribution is -2.31. The maximum Gasteiger partial charge on any atom is 0.262 e. The van der Waals surface area contributed by atoms with Crippen LogP contribution in [0.2, 0.25) is 0 Å². The number of rotatable bonds is 8. The Labute approximate surface area is 187 Å². The Morgan fingerprint density at radius 1 is 1.00 bits per heavy atom. The molecule has 1 N–H and O–H groups in total. The first-order valence-electron chi connectivity index (χ1n) is 10.00. The van der Waals surface area contributed by atoms with Crippen LogP contribution in [0, 0.1) is 19.7 Å². The molecule has 32 heavy (non-hydrogen) atoms. The number of nitrogens with one attached hydrogen (secondary N) is 1. The van der Waals surface area contributed by atoms with Crippen molar-refractivity contribution in [3.63, 3.8) is 0 Å². The molecule has 6 nitrogen and oxygen atoms in total. The number of carbonyl (C=O) groups excluding carboxylic acids is 1. The Bertz CT molecular complexity index is 1210. The maximum atomic E-state index is 13.8. The summed E-state index contributed by atoms with van der Waals surface area (Å²) < 4.78 is 47.1. The predicted molar refractivity (Wildman–Crippen MR) is 122 cm³/mol. The van der Waals surface area contributed by atoms with Crippen molar-refractivity contribution < 1.29 is 22.3 Å². The molecular formula is C24H25FN2O4S. The molecule has 0 fully saturated rings. The van der Waals surface area contributed by atoms with E-state index in [-0.39, 0.29) is 28.7 Å². The lowest BCUT2D eigenvalue weighted by molar-refractivity contribution is 0.0773. The Hall–Kier alpha value is -3.39. The van der Waals surface area contributed by atoms with Gasteiger partial charge in [-0.2, -0.15) is 0 Å². The van der Waals surface area contributed by atoms with Gasteiger partial charge >= 0.3 is 0 Å². The fourth-order valence-corrected chi connectivity index (χ4v) is 4.30. The number of ether oxygens (including phenoxy) is 1.